The van der Waals surface area contributed by atoms with E-state index in [0.717, 1.165) is 54.8 Å². The van der Waals surface area contributed by atoms with Gasteiger partial charge in [-0.2, -0.15) is 0 Å². The van der Waals surface area contributed by atoms with Crippen LogP contribution in [0, 0.1) is 0 Å². The van der Waals surface area contributed by atoms with Crippen LogP contribution < -0.4 is 9.80 Å². The molecule has 0 atom stereocenters. The van der Waals surface area contributed by atoms with Crippen LogP contribution in [-0.4, -0.2) is 19.9 Å². The first-order chi connectivity index (χ1) is 26.7. The highest BCUT2D eigenvalue weighted by molar-refractivity contribution is 7.25. The molecule has 6 aromatic heterocycles. The Kier molecular flexibility index (Phi) is 7.11. The first kappa shape index (κ1) is 30.8. The third kappa shape index (κ3) is 5.07. The van der Waals surface area contributed by atoms with Gasteiger partial charge in [0.15, 0.2) is 0 Å². The van der Waals surface area contributed by atoms with Crippen molar-refractivity contribution in [2.24, 2.45) is 0 Å². The highest BCUT2D eigenvalue weighted by atomic mass is 32.1. The number of anilines is 6. The number of hydrogen-bond acceptors (Lipinski definition) is 8. The van der Waals surface area contributed by atoms with Gasteiger partial charge in [-0.1, -0.05) is 48.5 Å². The first-order valence-electron chi connectivity index (χ1n) is 17.7. The number of fused-ring (bicyclic) bond motifs is 9. The van der Waals surface area contributed by atoms with E-state index in [9.17, 15) is 0 Å². The molecular formula is C46H28N6S2. The molecule has 8 heteroatoms. The first-order valence-corrected chi connectivity index (χ1v) is 19.3. The highest BCUT2D eigenvalue weighted by Gasteiger charge is 2.19. The maximum Gasteiger partial charge on any atom is 0.137 e. The maximum absolute atomic E-state index is 4.79. The lowest BCUT2D eigenvalue weighted by Gasteiger charge is -2.25. The molecule has 0 saturated heterocycles. The SMILES string of the molecule is c1ccc(N(c2ccc3c(ccc4cc(N(c5ccc6c(c5)sc5ncccc56)c5ccccn5)ccc43)c2)c2ccc3c(c2)sc2ncccc23)nc1. The molecule has 0 aliphatic heterocycles. The fourth-order valence-electron chi connectivity index (χ4n) is 7.60. The minimum atomic E-state index is 0.862. The maximum atomic E-state index is 4.79. The lowest BCUT2D eigenvalue weighted by molar-refractivity contribution is 1.18. The van der Waals surface area contributed by atoms with E-state index >= 15 is 0 Å². The van der Waals surface area contributed by atoms with Gasteiger partial charge in [-0.05, 0) is 119 Å². The predicted molar refractivity (Wildman–Crippen MR) is 228 cm³/mol. The fraction of sp³-hybridized carbons (Fsp3) is 0. The molecule has 0 N–H and O–H groups in total. The number of hydrogen-bond donors (Lipinski definition) is 0. The van der Waals surface area contributed by atoms with Crippen LogP contribution in [0.2, 0.25) is 0 Å². The zero-order valence-electron chi connectivity index (χ0n) is 28.7. The summed E-state index contributed by atoms with van der Waals surface area (Å²) in [5.74, 6) is 1.72. The minimum absolute atomic E-state index is 0.862. The molecule has 0 radical (unpaired) electrons. The lowest BCUT2D eigenvalue weighted by Crippen LogP contribution is -2.11. The average Bonchev–Trinajstić information content (AvgIpc) is 3.79. The van der Waals surface area contributed by atoms with Crippen molar-refractivity contribution in [2.75, 3.05) is 9.80 Å². The van der Waals surface area contributed by atoms with Gasteiger partial charge in [-0.25, -0.2) is 19.9 Å². The van der Waals surface area contributed by atoms with E-state index in [-0.39, 0.29) is 0 Å². The summed E-state index contributed by atoms with van der Waals surface area (Å²) in [4.78, 5) is 25.4. The normalized spacial score (nSPS) is 11.7. The Morgan fingerprint density at radius 2 is 0.759 bits per heavy atom. The quantitative estimate of drug-likeness (QED) is 0.159. The van der Waals surface area contributed by atoms with Crippen molar-refractivity contribution in [3.8, 4) is 0 Å². The van der Waals surface area contributed by atoms with Gasteiger partial charge in [0.2, 0.25) is 0 Å². The number of nitrogens with zero attached hydrogens (tertiary/aromatic N) is 6. The van der Waals surface area contributed by atoms with Crippen molar-refractivity contribution < 1.29 is 0 Å². The van der Waals surface area contributed by atoms with Crippen LogP contribution in [0.3, 0.4) is 0 Å². The molecule has 0 aliphatic carbocycles. The van der Waals surface area contributed by atoms with Crippen LogP contribution in [0.15, 0.2) is 170 Å². The molecule has 11 rings (SSSR count). The summed E-state index contributed by atoms with van der Waals surface area (Å²) in [5.41, 5.74) is 4.20. The van der Waals surface area contributed by atoms with Crippen molar-refractivity contribution in [1.82, 2.24) is 19.9 Å². The van der Waals surface area contributed by atoms with Crippen LogP contribution in [0.1, 0.15) is 0 Å². The molecule has 6 heterocycles. The van der Waals surface area contributed by atoms with Crippen LogP contribution in [0.5, 0.6) is 0 Å². The molecule has 0 saturated carbocycles. The molecule has 0 unspecified atom stereocenters. The van der Waals surface area contributed by atoms with Crippen molar-refractivity contribution in [3.63, 3.8) is 0 Å². The van der Waals surface area contributed by atoms with Crippen molar-refractivity contribution in [1.29, 1.82) is 0 Å². The molecule has 0 amide bonds. The van der Waals surface area contributed by atoms with Gasteiger partial charge in [-0.3, -0.25) is 9.80 Å². The summed E-state index contributed by atoms with van der Waals surface area (Å²) < 4.78 is 2.40. The number of rotatable bonds is 6. The Hall–Kier alpha value is -6.74. The Bertz CT molecular complexity index is 2980. The van der Waals surface area contributed by atoms with Gasteiger partial charge in [-0.15, -0.1) is 22.7 Å². The largest absolute Gasteiger partial charge is 0.295 e. The van der Waals surface area contributed by atoms with E-state index in [1.807, 2.05) is 61.2 Å². The van der Waals surface area contributed by atoms with Crippen LogP contribution in [0.25, 0.3) is 62.2 Å². The number of benzene rings is 5. The van der Waals surface area contributed by atoms with Gasteiger partial charge >= 0.3 is 0 Å². The molecule has 11 aromatic rings. The Morgan fingerprint density at radius 3 is 1.20 bits per heavy atom. The summed E-state index contributed by atoms with van der Waals surface area (Å²) in [6, 6.07) is 51.6. The Labute approximate surface area is 317 Å². The second-order valence-corrected chi connectivity index (χ2v) is 15.3. The summed E-state index contributed by atoms with van der Waals surface area (Å²) in [7, 11) is 0. The third-order valence-corrected chi connectivity index (χ3v) is 12.2. The smallest absolute Gasteiger partial charge is 0.137 e. The zero-order valence-corrected chi connectivity index (χ0v) is 30.3. The van der Waals surface area contributed by atoms with Crippen LogP contribution >= 0.6 is 22.7 Å². The summed E-state index contributed by atoms with van der Waals surface area (Å²) >= 11 is 3.44. The van der Waals surface area contributed by atoms with E-state index in [1.54, 1.807) is 22.7 Å². The van der Waals surface area contributed by atoms with Crippen LogP contribution in [0.4, 0.5) is 34.4 Å². The topological polar surface area (TPSA) is 58.0 Å². The van der Waals surface area contributed by atoms with Crippen molar-refractivity contribution >= 4 is 119 Å². The standard InChI is InChI=1S/C46H28N6S2/c1-3-21-47-43(9-1)51(33-15-19-37-39-7-5-23-49-45(39)53-41(37)27-33)31-13-17-35-29(25-31)11-12-30-26-32(14-18-36(30)35)52(44-10-2-4-22-48-44)34-16-20-38-40-8-6-24-50-46(40)54-42(38)28-34/h1-28H. The molecule has 254 valence electrons. The summed E-state index contributed by atoms with van der Waals surface area (Å²) in [6.45, 7) is 0. The number of aromatic nitrogens is 4. The van der Waals surface area contributed by atoms with Gasteiger partial charge < -0.3 is 0 Å². The predicted octanol–water partition coefficient (Wildman–Crippen LogP) is 13.2. The average molecular weight is 729 g/mol. The van der Waals surface area contributed by atoms with Crippen molar-refractivity contribution in [3.05, 3.63) is 170 Å². The van der Waals surface area contributed by atoms with Crippen LogP contribution in [-0.2, 0) is 0 Å². The summed E-state index contributed by atoms with van der Waals surface area (Å²) in [5, 5.41) is 9.52. The molecule has 6 nitrogen and oxygen atoms in total. The molecular weight excluding hydrogens is 701 g/mol. The van der Waals surface area contributed by atoms with Gasteiger partial charge in [0.25, 0.3) is 0 Å². The fourth-order valence-corrected chi connectivity index (χ4v) is 9.76. The second kappa shape index (κ2) is 12.4. The third-order valence-electron chi connectivity index (χ3n) is 10.1. The lowest BCUT2D eigenvalue weighted by atomic mass is 10.00. The zero-order chi connectivity index (χ0) is 35.6. The molecule has 0 spiro atoms. The van der Waals surface area contributed by atoms with E-state index in [4.69, 9.17) is 9.97 Å². The molecule has 0 fully saturated rings. The van der Waals surface area contributed by atoms with Crippen molar-refractivity contribution in [2.45, 2.75) is 0 Å². The van der Waals surface area contributed by atoms with Gasteiger partial charge in [0.05, 0.1) is 0 Å². The Morgan fingerprint density at radius 1 is 0.333 bits per heavy atom. The Balaban J connectivity index is 1.01. The van der Waals surface area contributed by atoms with E-state index in [0.29, 0.717) is 0 Å². The number of thiophene rings is 2. The molecule has 0 bridgehead atoms. The van der Waals surface area contributed by atoms with Gasteiger partial charge in [0.1, 0.15) is 21.3 Å². The monoisotopic (exact) mass is 728 g/mol. The van der Waals surface area contributed by atoms with E-state index in [1.165, 1.54) is 41.7 Å². The van der Waals surface area contributed by atoms with E-state index in [2.05, 4.69) is 129 Å². The second-order valence-electron chi connectivity index (χ2n) is 13.2. The number of pyridine rings is 4. The highest BCUT2D eigenvalue weighted by Crippen LogP contribution is 2.43. The molecule has 5 aromatic carbocycles. The molecule has 0 aliphatic rings. The van der Waals surface area contributed by atoms with E-state index < -0.39 is 0 Å². The minimum Gasteiger partial charge on any atom is -0.295 e. The van der Waals surface area contributed by atoms with Gasteiger partial charge in [0, 0.05) is 78.5 Å². The summed E-state index contributed by atoms with van der Waals surface area (Å²) in [6.07, 6.45) is 7.42. The molecule has 54 heavy (non-hydrogen) atoms.